The van der Waals surface area contributed by atoms with Gasteiger partial charge in [-0.25, -0.2) is 0 Å². The number of amides is 2. The molecule has 5 heterocycles. The van der Waals surface area contributed by atoms with Crippen LogP contribution in [0.25, 0.3) is 11.3 Å². The topological polar surface area (TPSA) is 105 Å². The summed E-state index contributed by atoms with van der Waals surface area (Å²) in [5.74, 6) is -0.0924. The van der Waals surface area contributed by atoms with E-state index in [1.54, 1.807) is 35.4 Å². The summed E-state index contributed by atoms with van der Waals surface area (Å²) in [6.45, 7) is 9.59. The molecule has 2 amide bonds. The van der Waals surface area contributed by atoms with E-state index >= 15 is 0 Å². The Hall–Kier alpha value is -5.19. The molecule has 0 aliphatic carbocycles. The fourth-order valence-electron chi connectivity index (χ4n) is 8.22. The number of hydrogen-bond donors (Lipinski definition) is 2. The number of carbonyl (C=O) groups excluding carboxylic acids is 2. The number of ether oxygens (including phenoxy) is 1. The fourth-order valence-corrected chi connectivity index (χ4v) is 8.22. The Bertz CT molecular complexity index is 2160. The van der Waals surface area contributed by atoms with Crippen molar-refractivity contribution in [1.29, 1.82) is 0 Å². The Labute approximate surface area is 304 Å². The molecule has 2 N–H and O–H groups in total. The van der Waals surface area contributed by atoms with Crippen molar-refractivity contribution in [3.05, 3.63) is 118 Å². The minimum Gasteiger partial charge on any atom is -0.508 e. The lowest BCUT2D eigenvalue weighted by Gasteiger charge is -2.35. The minimum atomic E-state index is -0.212. The van der Waals surface area contributed by atoms with Crippen molar-refractivity contribution < 1.29 is 19.4 Å². The number of fused-ring (bicyclic) bond motifs is 2. The van der Waals surface area contributed by atoms with Gasteiger partial charge >= 0.3 is 0 Å². The standard InChI is InChI=1S/C42H46N6O4/c1-26-19-29-7-5-6-8-31(29)25-46(26)41(50)38-21-32-23-43-16-13-30(32)20-37(38)39-22-36(27(2)45(39)4)42(51)47(33-9-11-35(49)12-10-33)40-24-44-48(28(40)3)34-14-17-52-18-15-34/h5-12,20-22,24,26,34,43,49H,13-19,23,25H2,1-4H3/t26-/m1/s1. The first-order valence-electron chi connectivity index (χ1n) is 18.4. The summed E-state index contributed by atoms with van der Waals surface area (Å²) in [5, 5.41) is 18.4. The first-order valence-corrected chi connectivity index (χ1v) is 18.4. The van der Waals surface area contributed by atoms with Crippen LogP contribution in [0, 0.1) is 13.8 Å². The molecule has 10 heteroatoms. The van der Waals surface area contributed by atoms with Crippen LogP contribution in [0.2, 0.25) is 0 Å². The Balaban J connectivity index is 1.22. The number of anilines is 2. The fraction of sp³-hybridized carbons (Fsp3) is 0.357. The first-order chi connectivity index (χ1) is 25.2. The van der Waals surface area contributed by atoms with E-state index in [2.05, 4.69) is 42.6 Å². The molecular weight excluding hydrogens is 652 g/mol. The second-order valence-electron chi connectivity index (χ2n) is 14.5. The number of phenols is 1. The summed E-state index contributed by atoms with van der Waals surface area (Å²) >= 11 is 0. The number of benzene rings is 3. The number of nitrogens with zero attached hydrogens (tertiary/aromatic N) is 5. The SMILES string of the molecule is Cc1c(N(C(=O)c2cc(-c3cc4c(cc3C(=O)N3Cc5ccccc5C[C@H]3C)CNCC4)n(C)c2C)c2ccc(O)cc2)cnn1C1CCOCC1. The average Bonchev–Trinajstić information content (AvgIpc) is 3.69. The Kier molecular flexibility index (Phi) is 8.97. The van der Waals surface area contributed by atoms with Gasteiger partial charge in [0.05, 0.1) is 29.2 Å². The summed E-state index contributed by atoms with van der Waals surface area (Å²) in [4.78, 5) is 33.3. The lowest BCUT2D eigenvalue weighted by molar-refractivity contribution is 0.0655. The highest BCUT2D eigenvalue weighted by molar-refractivity contribution is 6.13. The monoisotopic (exact) mass is 698 g/mol. The van der Waals surface area contributed by atoms with Crippen LogP contribution in [-0.4, -0.2) is 62.0 Å². The number of aromatic hydroxyl groups is 1. The number of nitrogens with one attached hydrogen (secondary N) is 1. The second kappa shape index (κ2) is 13.7. The van der Waals surface area contributed by atoms with Crippen molar-refractivity contribution >= 4 is 23.2 Å². The molecule has 8 rings (SSSR count). The molecule has 1 atom stereocenters. The van der Waals surface area contributed by atoms with Crippen LogP contribution in [0.3, 0.4) is 0 Å². The lowest BCUT2D eigenvalue weighted by atomic mass is 9.90. The van der Waals surface area contributed by atoms with E-state index in [1.807, 2.05) is 47.2 Å². The minimum absolute atomic E-state index is 0.000947. The van der Waals surface area contributed by atoms with Gasteiger partial charge in [0.25, 0.3) is 11.8 Å². The van der Waals surface area contributed by atoms with Crippen LogP contribution in [0.15, 0.2) is 72.9 Å². The summed E-state index contributed by atoms with van der Waals surface area (Å²) in [7, 11) is 1.97. The van der Waals surface area contributed by atoms with E-state index in [4.69, 9.17) is 9.84 Å². The second-order valence-corrected chi connectivity index (χ2v) is 14.5. The molecule has 0 saturated carbocycles. The van der Waals surface area contributed by atoms with Gasteiger partial charge in [-0.2, -0.15) is 5.10 Å². The predicted molar refractivity (Wildman–Crippen MR) is 201 cm³/mol. The molecular formula is C42H46N6O4. The van der Waals surface area contributed by atoms with Crippen LogP contribution in [0.1, 0.15) is 80.2 Å². The molecule has 268 valence electrons. The first kappa shape index (κ1) is 33.9. The van der Waals surface area contributed by atoms with Crippen molar-refractivity contribution in [3.8, 4) is 17.0 Å². The molecule has 3 aliphatic heterocycles. The van der Waals surface area contributed by atoms with Crippen molar-refractivity contribution in [2.75, 3.05) is 24.7 Å². The van der Waals surface area contributed by atoms with E-state index < -0.39 is 0 Å². The molecule has 0 unspecified atom stereocenters. The molecule has 1 saturated heterocycles. The van der Waals surface area contributed by atoms with Gasteiger partial charge in [-0.3, -0.25) is 19.2 Å². The van der Waals surface area contributed by atoms with Gasteiger partial charge in [-0.05, 0) is 118 Å². The summed E-state index contributed by atoms with van der Waals surface area (Å²) < 4.78 is 9.66. The van der Waals surface area contributed by atoms with Gasteiger partial charge in [-0.1, -0.05) is 24.3 Å². The molecule has 5 aromatic rings. The van der Waals surface area contributed by atoms with E-state index in [9.17, 15) is 14.7 Å². The smallest absolute Gasteiger partial charge is 0.264 e. The number of hydrogen-bond acceptors (Lipinski definition) is 6. The molecule has 3 aliphatic rings. The van der Waals surface area contributed by atoms with Crippen LogP contribution in [-0.2, 0) is 37.7 Å². The third-order valence-electron chi connectivity index (χ3n) is 11.4. The van der Waals surface area contributed by atoms with Crippen LogP contribution in [0.4, 0.5) is 11.4 Å². The maximum Gasteiger partial charge on any atom is 0.264 e. The van der Waals surface area contributed by atoms with Gasteiger partial charge in [0.1, 0.15) is 5.75 Å². The maximum absolute atomic E-state index is 15.0. The molecule has 3 aromatic carbocycles. The zero-order chi connectivity index (χ0) is 36.1. The summed E-state index contributed by atoms with van der Waals surface area (Å²) in [5.41, 5.74) is 10.6. The van der Waals surface area contributed by atoms with Crippen molar-refractivity contribution in [3.63, 3.8) is 0 Å². The van der Waals surface area contributed by atoms with Crippen molar-refractivity contribution in [1.82, 2.24) is 24.6 Å². The van der Waals surface area contributed by atoms with Gasteiger partial charge < -0.3 is 24.6 Å². The summed E-state index contributed by atoms with van der Waals surface area (Å²) in [6, 6.07) is 21.5. The zero-order valence-corrected chi connectivity index (χ0v) is 30.4. The molecule has 0 radical (unpaired) electrons. The largest absolute Gasteiger partial charge is 0.508 e. The predicted octanol–water partition coefficient (Wildman–Crippen LogP) is 6.77. The zero-order valence-electron chi connectivity index (χ0n) is 30.4. The van der Waals surface area contributed by atoms with E-state index in [-0.39, 0.29) is 29.6 Å². The molecule has 0 bridgehead atoms. The van der Waals surface area contributed by atoms with E-state index in [0.717, 1.165) is 60.4 Å². The number of rotatable bonds is 6. The van der Waals surface area contributed by atoms with Crippen molar-refractivity contribution in [2.24, 2.45) is 7.05 Å². The lowest BCUT2D eigenvalue weighted by Crippen LogP contribution is -2.43. The highest BCUT2D eigenvalue weighted by Gasteiger charge is 2.33. The van der Waals surface area contributed by atoms with Crippen LogP contribution in [0.5, 0.6) is 5.75 Å². The highest BCUT2D eigenvalue weighted by Crippen LogP contribution is 2.38. The van der Waals surface area contributed by atoms with Gasteiger partial charge in [0.2, 0.25) is 0 Å². The highest BCUT2D eigenvalue weighted by atomic mass is 16.5. The molecule has 52 heavy (non-hydrogen) atoms. The number of aromatic nitrogens is 3. The quantitative estimate of drug-likeness (QED) is 0.203. The van der Waals surface area contributed by atoms with Gasteiger partial charge in [0, 0.05) is 67.6 Å². The molecule has 10 nitrogen and oxygen atoms in total. The number of carbonyl (C=O) groups is 2. The Morgan fingerprint density at radius 1 is 0.923 bits per heavy atom. The maximum atomic E-state index is 15.0. The van der Waals surface area contributed by atoms with Crippen LogP contribution >= 0.6 is 0 Å². The third kappa shape index (κ3) is 5.99. The Morgan fingerprint density at radius 2 is 1.67 bits per heavy atom. The third-order valence-corrected chi connectivity index (χ3v) is 11.4. The van der Waals surface area contributed by atoms with Crippen molar-refractivity contribution in [2.45, 2.75) is 71.6 Å². The van der Waals surface area contributed by atoms with Gasteiger partial charge in [-0.15, -0.1) is 0 Å². The van der Waals surface area contributed by atoms with Crippen LogP contribution < -0.4 is 10.2 Å². The Morgan fingerprint density at radius 3 is 2.44 bits per heavy atom. The molecule has 2 aromatic heterocycles. The average molecular weight is 699 g/mol. The summed E-state index contributed by atoms with van der Waals surface area (Å²) in [6.07, 6.45) is 5.16. The normalized spacial score (nSPS) is 17.5. The van der Waals surface area contributed by atoms with E-state index in [1.165, 1.54) is 16.7 Å². The number of phenolic OH excluding ortho intramolecular Hbond substituents is 1. The molecule has 1 fully saturated rings. The molecule has 0 spiro atoms. The van der Waals surface area contributed by atoms with E-state index in [0.29, 0.717) is 48.8 Å². The van der Waals surface area contributed by atoms with Gasteiger partial charge in [0.15, 0.2) is 0 Å².